The van der Waals surface area contributed by atoms with Gasteiger partial charge in [0.25, 0.3) is 0 Å². The molecule has 0 aromatic rings. The normalized spacial score (nSPS) is 0. The Morgan fingerprint density at radius 3 is 1.00 bits per heavy atom. The second-order valence-corrected chi connectivity index (χ2v) is 0. The summed E-state index contributed by atoms with van der Waals surface area (Å²) in [6.07, 6.45) is 0. The van der Waals surface area contributed by atoms with E-state index >= 15 is 0 Å². The van der Waals surface area contributed by atoms with Crippen LogP contribution >= 0.6 is 0 Å². The molecule has 0 bridgehead atoms. The molecule has 0 unspecified atom stereocenters. The van der Waals surface area contributed by atoms with Crippen molar-refractivity contribution in [3.63, 3.8) is 0 Å². The summed E-state index contributed by atoms with van der Waals surface area (Å²) in [5.74, 6) is 0. The topological polar surface area (TPSA) is 0 Å². The first-order valence-corrected chi connectivity index (χ1v) is 0. The first-order valence-electron chi connectivity index (χ1n) is 0. The van der Waals surface area contributed by atoms with Crippen LogP contribution < -0.4 is 0 Å². The average molecular weight is 350 g/mol. The van der Waals surface area contributed by atoms with Crippen LogP contribution in [0, 0.1) is 35.6 Å². The van der Waals surface area contributed by atoms with Gasteiger partial charge in [-0.25, -0.2) is 0 Å². The van der Waals surface area contributed by atoms with Crippen molar-refractivity contribution in [2.24, 2.45) is 0 Å². The van der Waals surface area contributed by atoms with Crippen LogP contribution in [0.25, 0.3) is 0 Å². The average Bonchev–Trinajstić information content (AvgIpc) is 0. The van der Waals surface area contributed by atoms with Gasteiger partial charge in [-0.05, 0) is 0 Å². The maximum Gasteiger partial charge on any atom is 0.187 e. The van der Waals surface area contributed by atoms with Crippen molar-refractivity contribution in [1.29, 1.82) is 0 Å². The first-order chi connectivity index (χ1) is 0. The number of hydrogen-bond acceptors (Lipinski definition) is 0. The molecular weight excluding hydrogens is 347 g/mol. The Kier molecular flexibility index (Phi) is 220. The van der Waals surface area contributed by atoms with Crippen LogP contribution in [0.2, 0.25) is 0 Å². The van der Waals surface area contributed by atoms with E-state index in [1.165, 1.54) is 0 Å². The van der Waals surface area contributed by atoms with E-state index in [2.05, 4.69) is 0 Å². The van der Waals surface area contributed by atoms with Crippen molar-refractivity contribution in [1.82, 2.24) is 0 Å². The molecule has 0 aliphatic carbocycles. The van der Waals surface area contributed by atoms with Gasteiger partial charge >= 0.3 is 0 Å². The molecule has 0 saturated heterocycles. The molecule has 0 saturated carbocycles. The van der Waals surface area contributed by atoms with E-state index in [-0.39, 0.29) is 103 Å². The Hall–Kier alpha value is 3.25. The quantitative estimate of drug-likeness (QED) is 0.482. The van der Waals surface area contributed by atoms with Gasteiger partial charge < -0.3 is 0 Å². The summed E-state index contributed by atoms with van der Waals surface area (Å²) in [5, 5.41) is 0. The van der Waals surface area contributed by atoms with Crippen molar-refractivity contribution in [3.8, 4) is 0 Å². The van der Waals surface area contributed by atoms with Crippen molar-refractivity contribution >= 4 is 17.4 Å². The van der Waals surface area contributed by atoms with Crippen LogP contribution in [0.4, 0.5) is 0 Å². The van der Waals surface area contributed by atoms with Gasteiger partial charge in [-0.3, -0.25) is 0 Å². The molecule has 0 atom stereocenters. The molecule has 5 heavy (non-hydrogen) atoms. The maximum atomic E-state index is 0. The molecule has 0 spiro atoms. The Bertz CT molecular complexity index is 11.6. The summed E-state index contributed by atoms with van der Waals surface area (Å²) < 4.78 is 0. The van der Waals surface area contributed by atoms with Gasteiger partial charge in [0.2, 0.25) is 0 Å². The SMILES string of the molecule is [AlH3].[Co].[Cu].[La].[Ni]. The van der Waals surface area contributed by atoms with E-state index in [0.29, 0.717) is 0 Å². The van der Waals surface area contributed by atoms with Crippen LogP contribution in [0.15, 0.2) is 0 Å². The molecule has 0 nitrogen and oxygen atoms in total. The summed E-state index contributed by atoms with van der Waals surface area (Å²) in [6.45, 7) is 0. The maximum absolute atomic E-state index is 0. The van der Waals surface area contributed by atoms with Crippen molar-refractivity contribution in [2.75, 3.05) is 0 Å². The smallest absolute Gasteiger partial charge is 0 e. The molecule has 39 valence electrons. The minimum atomic E-state index is 0. The summed E-state index contributed by atoms with van der Waals surface area (Å²) in [4.78, 5) is 0. The molecule has 5 heteroatoms. The molecule has 0 aliphatic rings. The third-order valence-corrected chi connectivity index (χ3v) is 0. The van der Waals surface area contributed by atoms with Gasteiger partial charge in [0, 0.05) is 85.9 Å². The van der Waals surface area contributed by atoms with E-state index in [1.54, 1.807) is 0 Å². The fourth-order valence-corrected chi connectivity index (χ4v) is 0. The predicted molar refractivity (Wildman–Crippen MR) is 9.94 cm³/mol. The Morgan fingerprint density at radius 1 is 1.00 bits per heavy atom. The van der Waals surface area contributed by atoms with E-state index < -0.39 is 0 Å². The van der Waals surface area contributed by atoms with Crippen LogP contribution in [0.1, 0.15) is 0 Å². The van der Waals surface area contributed by atoms with Gasteiger partial charge in [0.15, 0.2) is 17.4 Å². The minimum Gasteiger partial charge on any atom is 0 e. The second-order valence-electron chi connectivity index (χ2n) is 0. The van der Waals surface area contributed by atoms with Gasteiger partial charge in [0.05, 0.1) is 0 Å². The standard InChI is InChI=1S/Al.Co.Cu.La.Ni.3H. The zero-order valence-electron chi connectivity index (χ0n) is 1.53. The Morgan fingerprint density at radius 2 is 1.00 bits per heavy atom. The van der Waals surface area contributed by atoms with Gasteiger partial charge in [-0.1, -0.05) is 0 Å². The Balaban J connectivity index is 0. The van der Waals surface area contributed by atoms with Crippen molar-refractivity contribution in [2.45, 2.75) is 0 Å². The molecule has 0 heterocycles. The number of hydrogen-bond donors (Lipinski definition) is 0. The fraction of sp³-hybridized carbons (Fsp3) is 0. The molecular formula is H3AlCoCuLaNi. The zero-order chi connectivity index (χ0) is 0. The van der Waals surface area contributed by atoms with Crippen molar-refractivity contribution < 1.29 is 85.9 Å². The molecule has 0 fully saturated rings. The molecule has 0 aromatic heterocycles. The fourth-order valence-electron chi connectivity index (χ4n) is 0. The second kappa shape index (κ2) is 26.8. The van der Waals surface area contributed by atoms with Gasteiger partial charge in [0.1, 0.15) is 0 Å². The summed E-state index contributed by atoms with van der Waals surface area (Å²) >= 11 is 0. The zero-order valence-corrected chi connectivity index (χ0v) is 8.12. The molecule has 0 aliphatic heterocycles. The van der Waals surface area contributed by atoms with E-state index in [1.807, 2.05) is 0 Å². The largest absolute Gasteiger partial charge is 0.187 e. The van der Waals surface area contributed by atoms with Crippen LogP contribution in [0.5, 0.6) is 0 Å². The van der Waals surface area contributed by atoms with E-state index in [4.69, 9.17) is 0 Å². The molecule has 0 N–H and O–H groups in total. The van der Waals surface area contributed by atoms with Crippen LogP contribution in [-0.4, -0.2) is 17.4 Å². The van der Waals surface area contributed by atoms with Crippen LogP contribution in [0.3, 0.4) is 0 Å². The summed E-state index contributed by atoms with van der Waals surface area (Å²) in [7, 11) is 0. The summed E-state index contributed by atoms with van der Waals surface area (Å²) in [6, 6.07) is 0. The Labute approximate surface area is 101 Å². The van der Waals surface area contributed by atoms with Crippen LogP contribution in [-0.2, 0) is 50.3 Å². The molecule has 0 rings (SSSR count). The van der Waals surface area contributed by atoms with E-state index in [9.17, 15) is 0 Å². The third-order valence-electron chi connectivity index (χ3n) is 0. The van der Waals surface area contributed by atoms with Crippen molar-refractivity contribution in [3.05, 3.63) is 0 Å². The van der Waals surface area contributed by atoms with E-state index in [0.717, 1.165) is 0 Å². The third kappa shape index (κ3) is 18.9. The predicted octanol–water partition coefficient (Wildman–Crippen LogP) is -1.19. The monoisotopic (exact) mass is 349 g/mol. The molecule has 3 radical (unpaired) electrons. The molecule has 0 aromatic carbocycles. The number of rotatable bonds is 0. The molecule has 0 amide bonds. The first kappa shape index (κ1) is 41.1. The minimum absolute atomic E-state index is 0. The van der Waals surface area contributed by atoms with Gasteiger partial charge in [-0.15, -0.1) is 0 Å². The van der Waals surface area contributed by atoms with Gasteiger partial charge in [-0.2, -0.15) is 0 Å². The summed E-state index contributed by atoms with van der Waals surface area (Å²) in [5.41, 5.74) is 0.